The van der Waals surface area contributed by atoms with Crippen LogP contribution in [0, 0.1) is 0 Å². The molecule has 0 radical (unpaired) electrons. The molecule has 4 heteroatoms. The standard InChI is InChI=1S/C18H22N2O2/c1-4-6-14(2)13-22-18(21)17-8-5-7-16(19-17)15-9-11-20(3)12-10-15/h5,7-8,15H,1,9-13H2,2-3H3. The van der Waals surface area contributed by atoms with E-state index in [1.165, 1.54) is 0 Å². The van der Waals surface area contributed by atoms with Gasteiger partial charge >= 0.3 is 5.97 Å². The lowest BCUT2D eigenvalue weighted by Crippen LogP contribution is -2.29. The van der Waals surface area contributed by atoms with Crippen molar-refractivity contribution in [3.05, 3.63) is 53.2 Å². The van der Waals surface area contributed by atoms with Crippen molar-refractivity contribution < 1.29 is 9.53 Å². The third-order valence-corrected chi connectivity index (χ3v) is 3.84. The Kier molecular flexibility index (Phi) is 5.74. The van der Waals surface area contributed by atoms with E-state index in [1.807, 2.05) is 19.1 Å². The molecule has 1 aromatic rings. The van der Waals surface area contributed by atoms with Crippen LogP contribution in [-0.4, -0.2) is 42.6 Å². The van der Waals surface area contributed by atoms with Crippen LogP contribution in [0.15, 0.2) is 41.8 Å². The zero-order valence-corrected chi connectivity index (χ0v) is 13.3. The molecule has 0 spiro atoms. The summed E-state index contributed by atoms with van der Waals surface area (Å²) in [5.74, 6) is 0.0225. The van der Waals surface area contributed by atoms with Gasteiger partial charge in [-0.15, -0.1) is 0 Å². The predicted molar refractivity (Wildman–Crippen MR) is 85.8 cm³/mol. The lowest BCUT2D eigenvalue weighted by molar-refractivity contribution is 0.0533. The highest BCUT2D eigenvalue weighted by molar-refractivity contribution is 5.87. The first-order chi connectivity index (χ1) is 10.6. The fourth-order valence-corrected chi connectivity index (χ4v) is 2.53. The number of carbonyl (C=O) groups excluding carboxylic acids is 1. The Morgan fingerprint density at radius 1 is 1.45 bits per heavy atom. The van der Waals surface area contributed by atoms with Crippen LogP contribution < -0.4 is 0 Å². The van der Waals surface area contributed by atoms with E-state index >= 15 is 0 Å². The lowest BCUT2D eigenvalue weighted by atomic mass is 9.93. The second-order valence-corrected chi connectivity index (χ2v) is 5.68. The first-order valence-corrected chi connectivity index (χ1v) is 7.53. The number of rotatable bonds is 4. The van der Waals surface area contributed by atoms with E-state index in [-0.39, 0.29) is 6.61 Å². The smallest absolute Gasteiger partial charge is 0.357 e. The molecule has 0 aliphatic carbocycles. The summed E-state index contributed by atoms with van der Waals surface area (Å²) >= 11 is 0. The Balaban J connectivity index is 2.03. The molecule has 0 N–H and O–H groups in total. The molecule has 1 fully saturated rings. The van der Waals surface area contributed by atoms with E-state index < -0.39 is 5.97 Å². The van der Waals surface area contributed by atoms with Gasteiger partial charge in [0.2, 0.25) is 0 Å². The largest absolute Gasteiger partial charge is 0.456 e. The Hall–Kier alpha value is -2.12. The Labute approximate surface area is 131 Å². The van der Waals surface area contributed by atoms with Crippen molar-refractivity contribution >= 4 is 5.97 Å². The minimum atomic E-state index is -0.403. The van der Waals surface area contributed by atoms with E-state index in [0.29, 0.717) is 11.6 Å². The SMILES string of the molecule is C=C=C=C(C)COC(=O)c1cccc(C2CCN(C)CC2)n1. The lowest BCUT2D eigenvalue weighted by Gasteiger charge is -2.28. The number of nitrogens with zero attached hydrogens (tertiary/aromatic N) is 2. The molecule has 0 aromatic carbocycles. The van der Waals surface area contributed by atoms with Gasteiger partial charge in [0.15, 0.2) is 0 Å². The summed E-state index contributed by atoms with van der Waals surface area (Å²) < 4.78 is 5.22. The quantitative estimate of drug-likeness (QED) is 0.633. The van der Waals surface area contributed by atoms with Gasteiger partial charge in [-0.3, -0.25) is 0 Å². The fourth-order valence-electron chi connectivity index (χ4n) is 2.53. The minimum absolute atomic E-state index is 0.182. The highest BCUT2D eigenvalue weighted by atomic mass is 16.5. The van der Waals surface area contributed by atoms with Gasteiger partial charge in [-0.25, -0.2) is 9.78 Å². The average molecular weight is 298 g/mol. The maximum atomic E-state index is 12.1. The van der Waals surface area contributed by atoms with E-state index in [4.69, 9.17) is 4.74 Å². The van der Waals surface area contributed by atoms with Gasteiger partial charge in [-0.2, -0.15) is 0 Å². The maximum Gasteiger partial charge on any atom is 0.357 e. The van der Waals surface area contributed by atoms with Crippen molar-refractivity contribution in [2.24, 2.45) is 0 Å². The van der Waals surface area contributed by atoms with Gasteiger partial charge in [-0.1, -0.05) is 17.5 Å². The van der Waals surface area contributed by atoms with Crippen molar-refractivity contribution in [2.45, 2.75) is 25.7 Å². The van der Waals surface area contributed by atoms with Crippen molar-refractivity contribution in [3.8, 4) is 0 Å². The van der Waals surface area contributed by atoms with Crippen LogP contribution in [0.25, 0.3) is 0 Å². The minimum Gasteiger partial charge on any atom is -0.456 e. The number of esters is 1. The van der Waals surface area contributed by atoms with E-state index in [0.717, 1.165) is 37.2 Å². The molecule has 0 unspecified atom stereocenters. The summed E-state index contributed by atoms with van der Waals surface area (Å²) in [4.78, 5) is 18.9. The number of hydrogen-bond donors (Lipinski definition) is 0. The summed E-state index contributed by atoms with van der Waals surface area (Å²) in [7, 11) is 2.13. The highest BCUT2D eigenvalue weighted by Gasteiger charge is 2.20. The van der Waals surface area contributed by atoms with E-state index in [1.54, 1.807) is 6.07 Å². The van der Waals surface area contributed by atoms with Crippen LogP contribution in [0.4, 0.5) is 0 Å². The highest BCUT2D eigenvalue weighted by Crippen LogP contribution is 2.26. The molecule has 0 atom stereocenters. The van der Waals surface area contributed by atoms with Gasteiger partial charge < -0.3 is 9.64 Å². The molecule has 4 nitrogen and oxygen atoms in total. The molecule has 2 heterocycles. The van der Waals surface area contributed by atoms with Gasteiger partial charge in [0.05, 0.1) is 0 Å². The number of carbonyl (C=O) groups is 1. The summed E-state index contributed by atoms with van der Waals surface area (Å²) in [6.45, 7) is 7.57. The summed E-state index contributed by atoms with van der Waals surface area (Å²) in [5.41, 5.74) is 7.44. The van der Waals surface area contributed by atoms with Crippen molar-refractivity contribution in [1.82, 2.24) is 9.88 Å². The van der Waals surface area contributed by atoms with Crippen molar-refractivity contribution in [1.29, 1.82) is 0 Å². The van der Waals surface area contributed by atoms with Gasteiger partial charge in [0.1, 0.15) is 12.3 Å². The molecule has 1 aromatic heterocycles. The number of aromatic nitrogens is 1. The number of ether oxygens (including phenoxy) is 1. The van der Waals surface area contributed by atoms with Crippen LogP contribution >= 0.6 is 0 Å². The van der Waals surface area contributed by atoms with Crippen LogP contribution in [0.3, 0.4) is 0 Å². The Morgan fingerprint density at radius 2 is 2.18 bits per heavy atom. The van der Waals surface area contributed by atoms with Crippen molar-refractivity contribution in [3.63, 3.8) is 0 Å². The zero-order chi connectivity index (χ0) is 15.9. The van der Waals surface area contributed by atoms with Crippen LogP contribution in [0.1, 0.15) is 41.9 Å². The fraction of sp³-hybridized carbons (Fsp3) is 0.444. The molecule has 0 saturated carbocycles. The third kappa shape index (κ3) is 4.44. The third-order valence-electron chi connectivity index (χ3n) is 3.84. The molecule has 2 rings (SSSR count). The van der Waals surface area contributed by atoms with Gasteiger partial charge in [0.25, 0.3) is 0 Å². The molecular weight excluding hydrogens is 276 g/mol. The summed E-state index contributed by atoms with van der Waals surface area (Å²) in [5, 5.41) is 0. The normalized spacial score (nSPS) is 15.7. The maximum absolute atomic E-state index is 12.1. The number of hydrogen-bond acceptors (Lipinski definition) is 4. The van der Waals surface area contributed by atoms with Gasteiger partial charge in [0, 0.05) is 17.2 Å². The average Bonchev–Trinajstić information content (AvgIpc) is 2.54. The predicted octanol–water partition coefficient (Wildman–Crippen LogP) is 2.93. The molecule has 0 bridgehead atoms. The number of pyridine rings is 1. The second-order valence-electron chi connectivity index (χ2n) is 5.68. The number of piperidine rings is 1. The monoisotopic (exact) mass is 298 g/mol. The Morgan fingerprint density at radius 3 is 2.86 bits per heavy atom. The second kappa shape index (κ2) is 7.77. The first kappa shape index (κ1) is 16.3. The molecule has 1 saturated heterocycles. The first-order valence-electron chi connectivity index (χ1n) is 7.53. The van der Waals surface area contributed by atoms with Crippen LogP contribution in [0.5, 0.6) is 0 Å². The molecule has 0 amide bonds. The molecule has 116 valence electrons. The topological polar surface area (TPSA) is 42.4 Å². The van der Waals surface area contributed by atoms with Crippen LogP contribution in [0.2, 0.25) is 0 Å². The summed E-state index contributed by atoms with van der Waals surface area (Å²) in [6.07, 6.45) is 2.15. The molecule has 1 aliphatic heterocycles. The number of likely N-dealkylation sites (tertiary alicyclic amines) is 1. The molecular formula is C18H22N2O2. The molecule has 22 heavy (non-hydrogen) atoms. The Bertz CT molecular complexity index is 618. The van der Waals surface area contributed by atoms with E-state index in [2.05, 4.69) is 35.0 Å². The van der Waals surface area contributed by atoms with Gasteiger partial charge in [-0.05, 0) is 58.6 Å². The van der Waals surface area contributed by atoms with Crippen LogP contribution in [-0.2, 0) is 4.74 Å². The van der Waals surface area contributed by atoms with E-state index in [9.17, 15) is 4.79 Å². The van der Waals surface area contributed by atoms with Crippen molar-refractivity contribution in [2.75, 3.05) is 26.7 Å². The summed E-state index contributed by atoms with van der Waals surface area (Å²) in [6, 6.07) is 5.57. The molecule has 1 aliphatic rings. The zero-order valence-electron chi connectivity index (χ0n) is 13.3.